The summed E-state index contributed by atoms with van der Waals surface area (Å²) in [5, 5.41) is 22.5. The quantitative estimate of drug-likeness (QED) is 0.788. The topological polar surface area (TPSA) is 52.5 Å². The van der Waals surface area contributed by atoms with Crippen molar-refractivity contribution < 1.29 is 10.2 Å². The third-order valence-electron chi connectivity index (χ3n) is 3.04. The number of hydrogen-bond acceptors (Lipinski definition) is 3. The van der Waals surface area contributed by atoms with Gasteiger partial charge in [0, 0.05) is 21.8 Å². The van der Waals surface area contributed by atoms with Crippen LogP contribution in [0.4, 0.5) is 5.69 Å². The van der Waals surface area contributed by atoms with Gasteiger partial charge < -0.3 is 15.5 Å². The van der Waals surface area contributed by atoms with Crippen molar-refractivity contribution in [1.82, 2.24) is 0 Å². The molecule has 2 aromatic rings. The average Bonchev–Trinajstić information content (AvgIpc) is 2.32. The van der Waals surface area contributed by atoms with Gasteiger partial charge in [-0.3, -0.25) is 0 Å². The van der Waals surface area contributed by atoms with E-state index >= 15 is 0 Å². The van der Waals surface area contributed by atoms with Crippen LogP contribution in [0.3, 0.4) is 0 Å². The molecule has 1 atom stereocenters. The molecule has 0 bridgehead atoms. The summed E-state index contributed by atoms with van der Waals surface area (Å²) in [5.41, 5.74) is 2.89. The van der Waals surface area contributed by atoms with Crippen LogP contribution in [0.25, 0.3) is 0 Å². The highest BCUT2D eigenvalue weighted by molar-refractivity contribution is 9.10. The Labute approximate surface area is 121 Å². The lowest BCUT2D eigenvalue weighted by molar-refractivity contribution is 0.444. The average molecular weight is 322 g/mol. The molecular formula is C15H16BrNO2. The predicted octanol–water partition coefficient (Wildman–Crippen LogP) is 4.34. The number of aromatic hydroxyl groups is 2. The van der Waals surface area contributed by atoms with E-state index in [2.05, 4.69) is 21.2 Å². The molecule has 2 rings (SSSR count). The molecular weight excluding hydrogens is 306 g/mol. The highest BCUT2D eigenvalue weighted by Gasteiger charge is 2.11. The number of anilines is 1. The maximum absolute atomic E-state index is 9.85. The molecule has 100 valence electrons. The maximum Gasteiger partial charge on any atom is 0.124 e. The second-order valence-corrected chi connectivity index (χ2v) is 5.48. The largest absolute Gasteiger partial charge is 0.508 e. The van der Waals surface area contributed by atoms with Gasteiger partial charge in [0.25, 0.3) is 0 Å². The van der Waals surface area contributed by atoms with Gasteiger partial charge in [-0.2, -0.15) is 0 Å². The van der Waals surface area contributed by atoms with E-state index in [0.29, 0.717) is 0 Å². The molecule has 0 aliphatic rings. The number of benzene rings is 2. The lowest BCUT2D eigenvalue weighted by Gasteiger charge is -2.18. The third kappa shape index (κ3) is 3.20. The summed E-state index contributed by atoms with van der Waals surface area (Å²) >= 11 is 3.43. The number of halogens is 1. The van der Waals surface area contributed by atoms with Crippen LogP contribution in [-0.4, -0.2) is 10.2 Å². The van der Waals surface area contributed by atoms with Gasteiger partial charge >= 0.3 is 0 Å². The van der Waals surface area contributed by atoms with E-state index in [-0.39, 0.29) is 17.5 Å². The van der Waals surface area contributed by atoms with E-state index in [9.17, 15) is 10.2 Å². The molecule has 3 nitrogen and oxygen atoms in total. The standard InChI is InChI=1S/C15H16BrNO2/c1-9-7-11(16)3-6-14(9)17-10(2)13-5-4-12(18)8-15(13)19/h3-8,10,17-19H,1-2H3. The molecule has 0 aliphatic heterocycles. The normalized spacial score (nSPS) is 12.2. The number of hydrogen-bond donors (Lipinski definition) is 3. The van der Waals surface area contributed by atoms with E-state index in [4.69, 9.17) is 0 Å². The first-order chi connectivity index (χ1) is 8.97. The van der Waals surface area contributed by atoms with Crippen LogP contribution >= 0.6 is 15.9 Å². The van der Waals surface area contributed by atoms with E-state index in [1.165, 1.54) is 6.07 Å². The monoisotopic (exact) mass is 321 g/mol. The van der Waals surface area contributed by atoms with Gasteiger partial charge in [-0.25, -0.2) is 0 Å². The first-order valence-electron chi connectivity index (χ1n) is 6.02. The summed E-state index contributed by atoms with van der Waals surface area (Å²) in [7, 11) is 0. The van der Waals surface area contributed by atoms with E-state index in [1.807, 2.05) is 32.0 Å². The summed E-state index contributed by atoms with van der Waals surface area (Å²) in [5.74, 6) is 0.156. The van der Waals surface area contributed by atoms with Crippen LogP contribution < -0.4 is 5.32 Å². The molecule has 0 saturated carbocycles. The molecule has 2 aromatic carbocycles. The minimum Gasteiger partial charge on any atom is -0.508 e. The van der Waals surface area contributed by atoms with Crippen LogP contribution in [0.2, 0.25) is 0 Å². The van der Waals surface area contributed by atoms with E-state index in [1.54, 1.807) is 12.1 Å². The molecule has 0 aromatic heterocycles. The van der Waals surface area contributed by atoms with Gasteiger partial charge in [-0.1, -0.05) is 15.9 Å². The lowest BCUT2D eigenvalue weighted by Crippen LogP contribution is -2.07. The summed E-state index contributed by atoms with van der Waals surface area (Å²) in [4.78, 5) is 0. The van der Waals surface area contributed by atoms with E-state index in [0.717, 1.165) is 21.3 Å². The van der Waals surface area contributed by atoms with Gasteiger partial charge in [0.05, 0.1) is 6.04 Å². The van der Waals surface area contributed by atoms with Crippen molar-refractivity contribution >= 4 is 21.6 Å². The number of phenolic OH excluding ortho intramolecular Hbond substituents is 2. The SMILES string of the molecule is Cc1cc(Br)ccc1NC(C)c1ccc(O)cc1O. The first-order valence-corrected chi connectivity index (χ1v) is 6.81. The number of nitrogens with one attached hydrogen (secondary N) is 1. The van der Waals surface area contributed by atoms with Crippen LogP contribution in [0.1, 0.15) is 24.1 Å². The van der Waals surface area contributed by atoms with Crippen molar-refractivity contribution in [3.63, 3.8) is 0 Å². The number of phenols is 2. The van der Waals surface area contributed by atoms with Crippen LogP contribution in [0.5, 0.6) is 11.5 Å². The second kappa shape index (κ2) is 5.53. The lowest BCUT2D eigenvalue weighted by atomic mass is 10.1. The summed E-state index contributed by atoms with van der Waals surface area (Å²) < 4.78 is 1.04. The molecule has 19 heavy (non-hydrogen) atoms. The fourth-order valence-electron chi connectivity index (χ4n) is 2.00. The molecule has 0 heterocycles. The Morgan fingerprint density at radius 1 is 1.11 bits per heavy atom. The smallest absolute Gasteiger partial charge is 0.124 e. The molecule has 0 spiro atoms. The highest BCUT2D eigenvalue weighted by atomic mass is 79.9. The fourth-order valence-corrected chi connectivity index (χ4v) is 2.47. The Balaban J connectivity index is 2.23. The Hall–Kier alpha value is -1.68. The summed E-state index contributed by atoms with van der Waals surface area (Å²) in [6.07, 6.45) is 0. The summed E-state index contributed by atoms with van der Waals surface area (Å²) in [6.45, 7) is 3.99. The van der Waals surface area contributed by atoms with Crippen LogP contribution in [-0.2, 0) is 0 Å². The zero-order valence-corrected chi connectivity index (χ0v) is 12.4. The molecule has 4 heteroatoms. The van der Waals surface area contributed by atoms with Crippen LogP contribution in [0.15, 0.2) is 40.9 Å². The van der Waals surface area contributed by atoms with Crippen molar-refractivity contribution in [2.45, 2.75) is 19.9 Å². The van der Waals surface area contributed by atoms with Gasteiger partial charge in [0.2, 0.25) is 0 Å². The fraction of sp³-hybridized carbons (Fsp3) is 0.200. The van der Waals surface area contributed by atoms with Gasteiger partial charge in [-0.05, 0) is 49.7 Å². The minimum absolute atomic E-state index is 0.0551. The van der Waals surface area contributed by atoms with Crippen molar-refractivity contribution in [1.29, 1.82) is 0 Å². The van der Waals surface area contributed by atoms with Gasteiger partial charge in [0.15, 0.2) is 0 Å². The minimum atomic E-state index is -0.0551. The van der Waals surface area contributed by atoms with Crippen molar-refractivity contribution in [2.75, 3.05) is 5.32 Å². The molecule has 3 N–H and O–H groups in total. The Morgan fingerprint density at radius 2 is 1.84 bits per heavy atom. The molecule has 1 unspecified atom stereocenters. The molecule has 0 aliphatic carbocycles. The third-order valence-corrected chi connectivity index (χ3v) is 3.53. The highest BCUT2D eigenvalue weighted by Crippen LogP contribution is 2.31. The Kier molecular flexibility index (Phi) is 4.00. The zero-order valence-electron chi connectivity index (χ0n) is 10.8. The van der Waals surface area contributed by atoms with Crippen molar-refractivity contribution in [2.24, 2.45) is 0 Å². The number of aryl methyl sites for hydroxylation is 1. The van der Waals surface area contributed by atoms with Crippen LogP contribution in [0, 0.1) is 6.92 Å². The maximum atomic E-state index is 9.85. The Bertz CT molecular complexity index is 599. The van der Waals surface area contributed by atoms with Gasteiger partial charge in [0.1, 0.15) is 11.5 Å². The van der Waals surface area contributed by atoms with Crippen molar-refractivity contribution in [3.05, 3.63) is 52.0 Å². The molecule has 0 radical (unpaired) electrons. The molecule has 0 fully saturated rings. The Morgan fingerprint density at radius 3 is 2.47 bits per heavy atom. The molecule has 0 amide bonds. The predicted molar refractivity (Wildman–Crippen MR) is 80.7 cm³/mol. The molecule has 0 saturated heterocycles. The first kappa shape index (κ1) is 13.7. The zero-order chi connectivity index (χ0) is 14.0. The van der Waals surface area contributed by atoms with E-state index < -0.39 is 0 Å². The van der Waals surface area contributed by atoms with Gasteiger partial charge in [-0.15, -0.1) is 0 Å². The van der Waals surface area contributed by atoms with Crippen molar-refractivity contribution in [3.8, 4) is 11.5 Å². The summed E-state index contributed by atoms with van der Waals surface area (Å²) in [6, 6.07) is 10.6. The second-order valence-electron chi connectivity index (χ2n) is 4.57. The number of rotatable bonds is 3.